The van der Waals surface area contributed by atoms with E-state index in [1.54, 1.807) is 30.3 Å². The number of aromatic nitrogens is 1. The van der Waals surface area contributed by atoms with Crippen molar-refractivity contribution >= 4 is 22.4 Å². The Hall–Kier alpha value is -1.99. The Bertz CT molecular complexity index is 696. The Morgan fingerprint density at radius 2 is 2.04 bits per heavy atom. The van der Waals surface area contributed by atoms with Gasteiger partial charge in [-0.15, -0.1) is 0 Å². The van der Waals surface area contributed by atoms with Gasteiger partial charge in [-0.2, -0.15) is 0 Å². The number of likely N-dealkylation sites (tertiary alicyclic amines) is 1. The zero-order valence-corrected chi connectivity index (χ0v) is 14.2. The summed E-state index contributed by atoms with van der Waals surface area (Å²) >= 11 is 1.34. The van der Waals surface area contributed by atoms with Crippen molar-refractivity contribution in [2.45, 2.75) is 18.9 Å². The standard InChI is InChI=1S/C17H20FN3O2S/c1-19-17-20-10-14(24-17)16(23)21-8-6-12(7-9-21)15(22)11-2-4-13(18)5-3-11/h2-5,10,12,15,22H,6-9H2,1H3,(H,19,20). The van der Waals surface area contributed by atoms with Gasteiger partial charge in [0.05, 0.1) is 12.3 Å². The van der Waals surface area contributed by atoms with Gasteiger partial charge in [0.1, 0.15) is 10.7 Å². The van der Waals surface area contributed by atoms with Crippen molar-refractivity contribution < 1.29 is 14.3 Å². The molecule has 1 amide bonds. The zero-order valence-electron chi connectivity index (χ0n) is 13.4. The van der Waals surface area contributed by atoms with Crippen molar-refractivity contribution in [3.8, 4) is 0 Å². The van der Waals surface area contributed by atoms with Crippen LogP contribution in [0.5, 0.6) is 0 Å². The lowest BCUT2D eigenvalue weighted by Crippen LogP contribution is -2.39. The van der Waals surface area contributed by atoms with Crippen LogP contribution in [0.1, 0.15) is 34.2 Å². The lowest BCUT2D eigenvalue weighted by molar-refractivity contribution is 0.0465. The summed E-state index contributed by atoms with van der Waals surface area (Å²) in [6.07, 6.45) is 2.42. The highest BCUT2D eigenvalue weighted by Gasteiger charge is 2.29. The van der Waals surface area contributed by atoms with Crippen molar-refractivity contribution in [1.82, 2.24) is 9.88 Å². The number of rotatable bonds is 4. The van der Waals surface area contributed by atoms with E-state index in [0.29, 0.717) is 18.0 Å². The van der Waals surface area contributed by atoms with Gasteiger partial charge in [0.25, 0.3) is 5.91 Å². The summed E-state index contributed by atoms with van der Waals surface area (Å²) in [6.45, 7) is 1.21. The van der Waals surface area contributed by atoms with Crippen molar-refractivity contribution in [1.29, 1.82) is 0 Å². The van der Waals surface area contributed by atoms with Gasteiger partial charge in [-0.3, -0.25) is 4.79 Å². The maximum atomic E-state index is 13.0. The largest absolute Gasteiger partial charge is 0.388 e. The molecule has 1 atom stereocenters. The number of hydrogen-bond donors (Lipinski definition) is 2. The van der Waals surface area contributed by atoms with E-state index in [0.717, 1.165) is 23.5 Å². The molecule has 1 aliphatic rings. The van der Waals surface area contributed by atoms with Crippen LogP contribution in [0.25, 0.3) is 0 Å². The minimum atomic E-state index is -0.623. The highest BCUT2D eigenvalue weighted by Crippen LogP contribution is 2.31. The number of aliphatic hydroxyl groups is 1. The van der Waals surface area contributed by atoms with Crippen molar-refractivity contribution in [3.05, 3.63) is 46.7 Å². The molecule has 0 spiro atoms. The van der Waals surface area contributed by atoms with E-state index in [2.05, 4.69) is 10.3 Å². The molecule has 1 saturated heterocycles. The van der Waals surface area contributed by atoms with E-state index in [9.17, 15) is 14.3 Å². The maximum Gasteiger partial charge on any atom is 0.265 e. The fourth-order valence-corrected chi connectivity index (χ4v) is 3.73. The third-order valence-corrected chi connectivity index (χ3v) is 5.42. The van der Waals surface area contributed by atoms with Gasteiger partial charge >= 0.3 is 0 Å². The molecule has 2 heterocycles. The summed E-state index contributed by atoms with van der Waals surface area (Å²) in [4.78, 5) is 19.0. The Morgan fingerprint density at radius 1 is 1.38 bits per heavy atom. The Kier molecular flexibility index (Phi) is 5.11. The molecule has 0 bridgehead atoms. The monoisotopic (exact) mass is 349 g/mol. The summed E-state index contributed by atoms with van der Waals surface area (Å²) in [7, 11) is 1.77. The predicted molar refractivity (Wildman–Crippen MR) is 91.6 cm³/mol. The van der Waals surface area contributed by atoms with E-state index in [1.807, 2.05) is 0 Å². The van der Waals surface area contributed by atoms with Crippen LogP contribution in [-0.2, 0) is 0 Å². The fourth-order valence-electron chi connectivity index (χ4n) is 2.99. The molecule has 2 aromatic rings. The molecule has 1 fully saturated rings. The molecule has 0 radical (unpaired) electrons. The van der Waals surface area contributed by atoms with E-state index in [1.165, 1.54) is 23.5 Å². The molecular formula is C17H20FN3O2S. The Morgan fingerprint density at radius 3 is 2.62 bits per heavy atom. The molecule has 0 aliphatic carbocycles. The summed E-state index contributed by atoms with van der Waals surface area (Å²) in [5, 5.41) is 14.1. The molecule has 1 aromatic heterocycles. The number of hydrogen-bond acceptors (Lipinski definition) is 5. The van der Waals surface area contributed by atoms with Gasteiger partial charge in [-0.1, -0.05) is 23.5 Å². The summed E-state index contributed by atoms with van der Waals surface area (Å²) in [5.74, 6) is -0.241. The number of thiazole rings is 1. The first-order chi connectivity index (χ1) is 11.6. The van der Waals surface area contributed by atoms with Crippen molar-refractivity contribution in [3.63, 3.8) is 0 Å². The SMILES string of the molecule is CNc1ncc(C(=O)N2CCC(C(O)c3ccc(F)cc3)CC2)s1. The van der Waals surface area contributed by atoms with Crippen LogP contribution in [-0.4, -0.2) is 41.0 Å². The molecule has 0 saturated carbocycles. The first-order valence-electron chi connectivity index (χ1n) is 7.95. The molecule has 3 rings (SSSR count). The highest BCUT2D eigenvalue weighted by atomic mass is 32.1. The quantitative estimate of drug-likeness (QED) is 0.891. The van der Waals surface area contributed by atoms with Crippen molar-refractivity contribution in [2.75, 3.05) is 25.5 Å². The Balaban J connectivity index is 1.58. The number of aliphatic hydroxyl groups excluding tert-OH is 1. The number of nitrogens with zero attached hydrogens (tertiary/aromatic N) is 2. The molecular weight excluding hydrogens is 329 g/mol. The number of nitrogens with one attached hydrogen (secondary N) is 1. The van der Waals surface area contributed by atoms with Crippen LogP contribution < -0.4 is 5.32 Å². The van der Waals surface area contributed by atoms with Gasteiger partial charge in [-0.25, -0.2) is 9.37 Å². The van der Waals surface area contributed by atoms with Crippen LogP contribution >= 0.6 is 11.3 Å². The van der Waals surface area contributed by atoms with Gasteiger partial charge in [-0.05, 0) is 36.5 Å². The average Bonchev–Trinajstić information content (AvgIpc) is 3.10. The second kappa shape index (κ2) is 7.27. The van der Waals surface area contributed by atoms with E-state index < -0.39 is 6.10 Å². The van der Waals surface area contributed by atoms with Gasteiger partial charge < -0.3 is 15.3 Å². The van der Waals surface area contributed by atoms with E-state index >= 15 is 0 Å². The number of carbonyl (C=O) groups is 1. The van der Waals surface area contributed by atoms with Crippen LogP contribution in [0.15, 0.2) is 30.5 Å². The van der Waals surface area contributed by atoms with Gasteiger partial charge in [0.2, 0.25) is 0 Å². The predicted octanol–water partition coefficient (Wildman–Crippen LogP) is 2.91. The molecule has 128 valence electrons. The summed E-state index contributed by atoms with van der Waals surface area (Å²) in [6, 6.07) is 5.96. The first kappa shape index (κ1) is 16.9. The fraction of sp³-hybridized carbons (Fsp3) is 0.412. The number of halogens is 1. The summed E-state index contributed by atoms with van der Waals surface area (Å²) < 4.78 is 13.0. The highest BCUT2D eigenvalue weighted by molar-refractivity contribution is 7.17. The minimum Gasteiger partial charge on any atom is -0.388 e. The molecule has 5 nitrogen and oxygen atoms in total. The smallest absolute Gasteiger partial charge is 0.265 e. The summed E-state index contributed by atoms with van der Waals surface area (Å²) in [5.41, 5.74) is 0.724. The zero-order chi connectivity index (χ0) is 17.1. The third kappa shape index (κ3) is 3.57. The Labute approximate surface area is 144 Å². The second-order valence-electron chi connectivity index (χ2n) is 5.91. The molecule has 2 N–H and O–H groups in total. The lowest BCUT2D eigenvalue weighted by atomic mass is 9.87. The molecule has 7 heteroatoms. The minimum absolute atomic E-state index is 0.0104. The van der Waals surface area contributed by atoms with E-state index in [-0.39, 0.29) is 17.6 Å². The molecule has 1 aliphatic heterocycles. The van der Waals surface area contributed by atoms with Gasteiger partial charge in [0.15, 0.2) is 5.13 Å². The van der Waals surface area contributed by atoms with Crippen molar-refractivity contribution in [2.24, 2.45) is 5.92 Å². The topological polar surface area (TPSA) is 65.5 Å². The third-order valence-electron chi connectivity index (χ3n) is 4.42. The maximum absolute atomic E-state index is 13.0. The molecule has 1 aromatic carbocycles. The number of carbonyl (C=O) groups excluding carboxylic acids is 1. The van der Waals surface area contributed by atoms with Gasteiger partial charge in [0, 0.05) is 20.1 Å². The van der Waals surface area contributed by atoms with Crippen LogP contribution in [0.3, 0.4) is 0 Å². The van der Waals surface area contributed by atoms with Crippen LogP contribution in [0.4, 0.5) is 9.52 Å². The number of amides is 1. The number of anilines is 1. The number of benzene rings is 1. The number of piperidine rings is 1. The molecule has 1 unspecified atom stereocenters. The second-order valence-corrected chi connectivity index (χ2v) is 6.94. The van der Waals surface area contributed by atoms with E-state index in [4.69, 9.17) is 0 Å². The lowest BCUT2D eigenvalue weighted by Gasteiger charge is -2.34. The normalized spacial score (nSPS) is 16.9. The average molecular weight is 349 g/mol. The first-order valence-corrected chi connectivity index (χ1v) is 8.76. The van der Waals surface area contributed by atoms with Crippen LogP contribution in [0.2, 0.25) is 0 Å². The van der Waals surface area contributed by atoms with Crippen LogP contribution in [0, 0.1) is 11.7 Å². The molecule has 24 heavy (non-hydrogen) atoms.